The molecule has 0 radical (unpaired) electrons. The number of rotatable bonds is 6. The second-order valence-electron chi connectivity index (χ2n) is 5.08. The molecule has 0 saturated heterocycles. The number of hydrogen-bond donors (Lipinski definition) is 1. The fraction of sp³-hybridized carbons (Fsp3) is 0.600. The van der Waals surface area contributed by atoms with Gasteiger partial charge in [0.25, 0.3) is 0 Å². The van der Waals surface area contributed by atoms with E-state index >= 15 is 0 Å². The van der Waals surface area contributed by atoms with Crippen molar-refractivity contribution in [2.24, 2.45) is 5.92 Å². The number of ether oxygens (including phenoxy) is 1. The van der Waals surface area contributed by atoms with Gasteiger partial charge < -0.3 is 10.1 Å². The van der Waals surface area contributed by atoms with E-state index in [2.05, 4.69) is 5.32 Å². The lowest BCUT2D eigenvalue weighted by molar-refractivity contribution is 0.175. The summed E-state index contributed by atoms with van der Waals surface area (Å²) in [6.07, 6.45) is 3.73. The van der Waals surface area contributed by atoms with Crippen LogP contribution in [0.2, 0.25) is 0 Å². The maximum absolute atomic E-state index is 13.9. The predicted octanol–water partition coefficient (Wildman–Crippen LogP) is 3.68. The van der Waals surface area contributed by atoms with Crippen molar-refractivity contribution < 1.29 is 9.13 Å². The highest BCUT2D eigenvalue weighted by Gasteiger charge is 2.18. The van der Waals surface area contributed by atoms with Gasteiger partial charge in [0, 0.05) is 6.04 Å². The van der Waals surface area contributed by atoms with E-state index in [1.165, 1.54) is 19.3 Å². The summed E-state index contributed by atoms with van der Waals surface area (Å²) in [7, 11) is 0. The number of nitrogens with one attached hydrogen (secondary N) is 1. The fourth-order valence-electron chi connectivity index (χ4n) is 2.19. The van der Waals surface area contributed by atoms with Crippen LogP contribution >= 0.6 is 0 Å². The molecule has 3 heteroatoms. The van der Waals surface area contributed by atoms with Crippen LogP contribution in [0.3, 0.4) is 0 Å². The van der Waals surface area contributed by atoms with Gasteiger partial charge in [-0.2, -0.15) is 0 Å². The molecule has 2 rings (SSSR count). The molecule has 1 aliphatic carbocycles. The maximum Gasteiger partial charge on any atom is 0.165 e. The minimum absolute atomic E-state index is 0.171. The second-order valence-corrected chi connectivity index (χ2v) is 5.08. The normalized spacial score (nSPS) is 17.3. The summed E-state index contributed by atoms with van der Waals surface area (Å²) in [4.78, 5) is 0. The van der Waals surface area contributed by atoms with Gasteiger partial charge in [-0.3, -0.25) is 0 Å². The Morgan fingerprint density at radius 3 is 2.78 bits per heavy atom. The minimum atomic E-state index is -0.253. The molecule has 1 fully saturated rings. The summed E-state index contributed by atoms with van der Waals surface area (Å²) in [5, 5.41) is 3.27. The minimum Gasteiger partial charge on any atom is -0.490 e. The number of benzene rings is 1. The van der Waals surface area contributed by atoms with E-state index in [-0.39, 0.29) is 11.9 Å². The van der Waals surface area contributed by atoms with Gasteiger partial charge in [0.15, 0.2) is 11.6 Å². The molecule has 1 aromatic rings. The fourth-order valence-corrected chi connectivity index (χ4v) is 2.19. The van der Waals surface area contributed by atoms with E-state index in [0.717, 1.165) is 12.1 Å². The second kappa shape index (κ2) is 6.19. The molecule has 1 aliphatic rings. The number of halogens is 1. The van der Waals surface area contributed by atoms with E-state index < -0.39 is 0 Å². The van der Waals surface area contributed by atoms with Crippen LogP contribution in [-0.2, 0) is 0 Å². The first-order valence-corrected chi connectivity index (χ1v) is 6.86. The standard InChI is InChI=1S/C15H22FNO/c1-3-17-11(2)13-7-8-15(14(16)9-13)18-10-12-5-4-6-12/h7-9,11-12,17H,3-6,10H2,1-2H3. The van der Waals surface area contributed by atoms with Crippen LogP contribution in [0.1, 0.15) is 44.7 Å². The van der Waals surface area contributed by atoms with Gasteiger partial charge in [-0.25, -0.2) is 4.39 Å². The molecule has 1 aromatic carbocycles. The van der Waals surface area contributed by atoms with Crippen LogP contribution in [0.25, 0.3) is 0 Å². The Hall–Kier alpha value is -1.09. The first kappa shape index (κ1) is 13.3. The largest absolute Gasteiger partial charge is 0.490 e. The molecule has 18 heavy (non-hydrogen) atoms. The van der Waals surface area contributed by atoms with Crippen molar-refractivity contribution in [3.8, 4) is 5.75 Å². The van der Waals surface area contributed by atoms with E-state index in [1.807, 2.05) is 19.9 Å². The summed E-state index contributed by atoms with van der Waals surface area (Å²) in [5.74, 6) is 0.760. The van der Waals surface area contributed by atoms with Crippen molar-refractivity contribution in [2.45, 2.75) is 39.2 Å². The van der Waals surface area contributed by atoms with Gasteiger partial charge in [0.2, 0.25) is 0 Å². The van der Waals surface area contributed by atoms with Crippen LogP contribution in [0.4, 0.5) is 4.39 Å². The monoisotopic (exact) mass is 251 g/mol. The Kier molecular flexibility index (Phi) is 4.59. The maximum atomic E-state index is 13.9. The molecule has 100 valence electrons. The van der Waals surface area contributed by atoms with Gasteiger partial charge in [0.05, 0.1) is 6.61 Å². The van der Waals surface area contributed by atoms with Gasteiger partial charge in [0.1, 0.15) is 0 Å². The van der Waals surface area contributed by atoms with Crippen molar-refractivity contribution in [3.05, 3.63) is 29.6 Å². The van der Waals surface area contributed by atoms with Crippen molar-refractivity contribution in [2.75, 3.05) is 13.2 Å². The molecule has 0 spiro atoms. The Labute approximate surface area is 109 Å². The molecule has 0 bridgehead atoms. The Balaban J connectivity index is 1.95. The van der Waals surface area contributed by atoms with Crippen LogP contribution in [0.15, 0.2) is 18.2 Å². The van der Waals surface area contributed by atoms with Gasteiger partial charge in [-0.1, -0.05) is 19.4 Å². The first-order valence-electron chi connectivity index (χ1n) is 6.86. The van der Waals surface area contributed by atoms with Crippen LogP contribution in [-0.4, -0.2) is 13.2 Å². The Morgan fingerprint density at radius 1 is 1.44 bits per heavy atom. The lowest BCUT2D eigenvalue weighted by Gasteiger charge is -2.25. The van der Waals surface area contributed by atoms with Crippen LogP contribution < -0.4 is 10.1 Å². The summed E-state index contributed by atoms with van der Waals surface area (Å²) in [5.41, 5.74) is 0.963. The summed E-state index contributed by atoms with van der Waals surface area (Å²) in [6, 6.07) is 5.43. The zero-order valence-electron chi connectivity index (χ0n) is 11.2. The molecule has 0 amide bonds. The van der Waals surface area contributed by atoms with Crippen molar-refractivity contribution in [3.63, 3.8) is 0 Å². The third kappa shape index (κ3) is 3.22. The van der Waals surface area contributed by atoms with Crippen molar-refractivity contribution in [1.82, 2.24) is 5.32 Å². The quantitative estimate of drug-likeness (QED) is 0.832. The first-order chi connectivity index (χ1) is 8.70. The van der Waals surface area contributed by atoms with Gasteiger partial charge in [-0.05, 0) is 49.9 Å². The average molecular weight is 251 g/mol. The summed E-state index contributed by atoms with van der Waals surface area (Å²) >= 11 is 0. The van der Waals surface area contributed by atoms with E-state index in [9.17, 15) is 4.39 Å². The molecular weight excluding hydrogens is 229 g/mol. The molecule has 1 N–H and O–H groups in total. The molecular formula is C15H22FNO. The highest BCUT2D eigenvalue weighted by Crippen LogP contribution is 2.28. The topological polar surface area (TPSA) is 21.3 Å². The molecule has 2 nitrogen and oxygen atoms in total. The molecule has 1 saturated carbocycles. The third-order valence-electron chi connectivity index (χ3n) is 3.67. The Bertz CT molecular complexity index is 390. The molecule has 0 heterocycles. The lowest BCUT2D eigenvalue weighted by Crippen LogP contribution is -2.20. The smallest absolute Gasteiger partial charge is 0.165 e. The third-order valence-corrected chi connectivity index (χ3v) is 3.67. The molecule has 1 unspecified atom stereocenters. The van der Waals surface area contributed by atoms with Crippen molar-refractivity contribution >= 4 is 0 Å². The molecule has 0 aliphatic heterocycles. The van der Waals surface area contributed by atoms with E-state index in [0.29, 0.717) is 18.3 Å². The predicted molar refractivity (Wildman–Crippen MR) is 71.3 cm³/mol. The Morgan fingerprint density at radius 2 is 2.22 bits per heavy atom. The highest BCUT2D eigenvalue weighted by atomic mass is 19.1. The summed E-state index contributed by atoms with van der Waals surface area (Å²) in [6.45, 7) is 5.61. The SMILES string of the molecule is CCNC(C)c1ccc(OCC2CCC2)c(F)c1. The van der Waals surface area contributed by atoms with Crippen LogP contribution in [0, 0.1) is 11.7 Å². The van der Waals surface area contributed by atoms with Gasteiger partial charge >= 0.3 is 0 Å². The number of hydrogen-bond acceptors (Lipinski definition) is 2. The zero-order valence-corrected chi connectivity index (χ0v) is 11.2. The average Bonchev–Trinajstić information content (AvgIpc) is 2.29. The van der Waals surface area contributed by atoms with E-state index in [1.54, 1.807) is 12.1 Å². The lowest BCUT2D eigenvalue weighted by atomic mass is 9.86. The summed E-state index contributed by atoms with van der Waals surface area (Å²) < 4.78 is 19.4. The highest BCUT2D eigenvalue weighted by molar-refractivity contribution is 5.30. The van der Waals surface area contributed by atoms with Crippen molar-refractivity contribution in [1.29, 1.82) is 0 Å². The van der Waals surface area contributed by atoms with Gasteiger partial charge in [-0.15, -0.1) is 0 Å². The zero-order chi connectivity index (χ0) is 13.0. The van der Waals surface area contributed by atoms with E-state index in [4.69, 9.17) is 4.74 Å². The molecule has 0 aromatic heterocycles. The molecule has 1 atom stereocenters. The van der Waals surface area contributed by atoms with Crippen LogP contribution in [0.5, 0.6) is 5.75 Å².